The molecule has 0 unspecified atom stereocenters. The van der Waals surface area contributed by atoms with E-state index in [1.165, 1.54) is 0 Å². The normalized spacial score (nSPS) is 16.7. The maximum absolute atomic E-state index is 12.9. The number of carboxylic acid groups (broad SMARTS) is 1. The second kappa shape index (κ2) is 7.94. The number of nitrogens with two attached hydrogens (primary N) is 1. The van der Waals surface area contributed by atoms with Gasteiger partial charge in [0.2, 0.25) is 5.91 Å². The lowest BCUT2D eigenvalue weighted by Crippen LogP contribution is -2.60. The van der Waals surface area contributed by atoms with E-state index in [9.17, 15) is 14.4 Å². The highest BCUT2D eigenvalue weighted by Gasteiger charge is 2.42. The van der Waals surface area contributed by atoms with Gasteiger partial charge in [0.1, 0.15) is 17.0 Å². The summed E-state index contributed by atoms with van der Waals surface area (Å²) >= 11 is 0. The zero-order valence-corrected chi connectivity index (χ0v) is 17.2. The molecule has 2 amide bonds. The van der Waals surface area contributed by atoms with Crippen LogP contribution in [0.3, 0.4) is 0 Å². The molecule has 1 aromatic carbocycles. The van der Waals surface area contributed by atoms with E-state index in [1.807, 2.05) is 0 Å². The Balaban J connectivity index is 1.56. The number of primary amides is 1. The lowest BCUT2D eigenvalue weighted by molar-refractivity contribution is -0.126. The van der Waals surface area contributed by atoms with E-state index in [4.69, 9.17) is 15.3 Å². The van der Waals surface area contributed by atoms with Crippen LogP contribution in [-0.2, 0) is 4.79 Å². The molecule has 0 bridgehead atoms. The fourth-order valence-electron chi connectivity index (χ4n) is 4.35. The number of carbonyl (C=O) groups is 3. The maximum atomic E-state index is 12.9. The maximum Gasteiger partial charge on any atom is 0.352 e. The highest BCUT2D eigenvalue weighted by atomic mass is 16.4. The van der Waals surface area contributed by atoms with E-state index in [0.717, 1.165) is 37.5 Å². The minimum Gasteiger partial charge on any atom is -0.477 e. The fourth-order valence-corrected chi connectivity index (χ4v) is 4.35. The zero-order valence-electron chi connectivity index (χ0n) is 17.2. The molecule has 1 aliphatic rings. The summed E-state index contributed by atoms with van der Waals surface area (Å²) in [6.45, 7) is 1.69. The Labute approximate surface area is 178 Å². The fraction of sp³-hybridized carbons (Fsp3) is 0.348. The van der Waals surface area contributed by atoms with Crippen molar-refractivity contribution in [3.8, 4) is 11.3 Å². The Morgan fingerprint density at radius 3 is 2.55 bits per heavy atom. The molecule has 0 saturated heterocycles. The van der Waals surface area contributed by atoms with Crippen LogP contribution in [0.1, 0.15) is 60.1 Å². The molecule has 2 heterocycles. The van der Waals surface area contributed by atoms with Crippen molar-refractivity contribution >= 4 is 28.7 Å². The third kappa shape index (κ3) is 3.93. The Morgan fingerprint density at radius 2 is 1.87 bits per heavy atom. The highest BCUT2D eigenvalue weighted by molar-refractivity contribution is 5.98. The van der Waals surface area contributed by atoms with Gasteiger partial charge in [0.05, 0.1) is 0 Å². The van der Waals surface area contributed by atoms with Crippen molar-refractivity contribution in [2.24, 2.45) is 11.7 Å². The van der Waals surface area contributed by atoms with Crippen molar-refractivity contribution in [3.63, 3.8) is 0 Å². The van der Waals surface area contributed by atoms with Gasteiger partial charge in [0.25, 0.3) is 5.91 Å². The van der Waals surface area contributed by atoms with Crippen LogP contribution in [0.5, 0.6) is 0 Å². The summed E-state index contributed by atoms with van der Waals surface area (Å²) < 4.78 is 5.75. The van der Waals surface area contributed by atoms with E-state index in [2.05, 4.69) is 10.3 Å². The Morgan fingerprint density at radius 1 is 1.13 bits per heavy atom. The number of nitrogens with one attached hydrogen (secondary N) is 2. The molecule has 8 nitrogen and oxygen atoms in total. The number of amides is 2. The number of furan rings is 1. The topological polar surface area (TPSA) is 138 Å². The van der Waals surface area contributed by atoms with Crippen molar-refractivity contribution in [2.75, 3.05) is 0 Å². The van der Waals surface area contributed by atoms with E-state index in [0.29, 0.717) is 16.8 Å². The van der Waals surface area contributed by atoms with Gasteiger partial charge in [-0.2, -0.15) is 0 Å². The first-order chi connectivity index (χ1) is 14.8. The average molecular weight is 423 g/mol. The number of fused-ring (bicyclic) bond motifs is 1. The molecule has 0 aliphatic heterocycles. The number of aromatic nitrogens is 1. The predicted octanol–water partition coefficient (Wildman–Crippen LogP) is 3.68. The van der Waals surface area contributed by atoms with Crippen LogP contribution < -0.4 is 11.1 Å². The van der Waals surface area contributed by atoms with Crippen LogP contribution >= 0.6 is 0 Å². The van der Waals surface area contributed by atoms with Crippen molar-refractivity contribution in [1.82, 2.24) is 10.3 Å². The number of rotatable bonds is 6. The highest BCUT2D eigenvalue weighted by Crippen LogP contribution is 2.33. The molecule has 3 aromatic rings. The number of aromatic carboxylic acids is 1. The number of aromatic amines is 1. The quantitative estimate of drug-likeness (QED) is 0.479. The van der Waals surface area contributed by atoms with E-state index in [1.54, 1.807) is 43.3 Å². The molecule has 162 valence electrons. The van der Waals surface area contributed by atoms with E-state index in [-0.39, 0.29) is 17.4 Å². The summed E-state index contributed by atoms with van der Waals surface area (Å²) in [5.41, 5.74) is 5.97. The van der Waals surface area contributed by atoms with Crippen LogP contribution in [0.25, 0.3) is 22.2 Å². The molecule has 31 heavy (non-hydrogen) atoms. The third-order valence-corrected chi connectivity index (χ3v) is 6.27. The number of carbonyl (C=O) groups excluding carboxylic acids is 2. The van der Waals surface area contributed by atoms with Crippen LogP contribution in [0.4, 0.5) is 0 Å². The lowest BCUT2D eigenvalue weighted by Gasteiger charge is -2.37. The Bertz CT molecular complexity index is 1160. The molecule has 8 heteroatoms. The molecular formula is C23H25N3O5. The number of hydrogen-bond donors (Lipinski definition) is 4. The second-order valence-electron chi connectivity index (χ2n) is 8.31. The number of hydrogen-bond acceptors (Lipinski definition) is 4. The van der Waals surface area contributed by atoms with Gasteiger partial charge in [-0.25, -0.2) is 4.79 Å². The number of benzene rings is 1. The molecule has 0 radical (unpaired) electrons. The van der Waals surface area contributed by atoms with Crippen LogP contribution in [0, 0.1) is 5.92 Å². The SMILES string of the molecule is C[C@@](NC(=O)c1ccc(-c2ccc3cc(C(=O)O)[nH]c3c2)o1)(C(N)=O)C1CCCCC1. The molecule has 1 fully saturated rings. The summed E-state index contributed by atoms with van der Waals surface area (Å²) in [6, 6.07) is 10.1. The summed E-state index contributed by atoms with van der Waals surface area (Å²) in [4.78, 5) is 39.1. The smallest absolute Gasteiger partial charge is 0.352 e. The first-order valence-electron chi connectivity index (χ1n) is 10.4. The van der Waals surface area contributed by atoms with Crippen molar-refractivity contribution in [1.29, 1.82) is 0 Å². The molecule has 1 saturated carbocycles. The lowest BCUT2D eigenvalue weighted by atomic mass is 9.75. The first kappa shape index (κ1) is 20.7. The Kier molecular flexibility index (Phi) is 5.31. The van der Waals surface area contributed by atoms with Gasteiger partial charge in [-0.1, -0.05) is 31.4 Å². The molecule has 1 aliphatic carbocycles. The zero-order chi connectivity index (χ0) is 22.2. The largest absolute Gasteiger partial charge is 0.477 e. The monoisotopic (exact) mass is 423 g/mol. The van der Waals surface area contributed by atoms with Crippen molar-refractivity contribution < 1.29 is 23.9 Å². The molecule has 0 spiro atoms. The van der Waals surface area contributed by atoms with Crippen LogP contribution in [0.2, 0.25) is 0 Å². The number of H-pyrrole nitrogens is 1. The summed E-state index contributed by atoms with van der Waals surface area (Å²) in [5.74, 6) is -1.55. The van der Waals surface area contributed by atoms with Gasteiger partial charge in [-0.3, -0.25) is 9.59 Å². The summed E-state index contributed by atoms with van der Waals surface area (Å²) in [5, 5.41) is 12.7. The minimum absolute atomic E-state index is 0.00384. The first-order valence-corrected chi connectivity index (χ1v) is 10.4. The molecular weight excluding hydrogens is 398 g/mol. The molecule has 4 rings (SSSR count). The van der Waals surface area contributed by atoms with Crippen LogP contribution in [-0.4, -0.2) is 33.4 Å². The van der Waals surface area contributed by atoms with Crippen molar-refractivity contribution in [2.45, 2.75) is 44.6 Å². The van der Waals surface area contributed by atoms with Crippen LogP contribution in [0.15, 0.2) is 40.8 Å². The molecule has 1 atom stereocenters. The van der Waals surface area contributed by atoms with E-state index >= 15 is 0 Å². The minimum atomic E-state index is -1.14. The van der Waals surface area contributed by atoms with Gasteiger partial charge < -0.3 is 25.6 Å². The second-order valence-corrected chi connectivity index (χ2v) is 8.31. The predicted molar refractivity (Wildman–Crippen MR) is 115 cm³/mol. The number of carboxylic acids is 1. The average Bonchev–Trinajstić information content (AvgIpc) is 3.41. The molecule has 2 aromatic heterocycles. The van der Waals surface area contributed by atoms with Gasteiger partial charge >= 0.3 is 5.97 Å². The summed E-state index contributed by atoms with van der Waals surface area (Å²) in [6.07, 6.45) is 4.84. The Hall–Kier alpha value is -3.55. The summed E-state index contributed by atoms with van der Waals surface area (Å²) in [7, 11) is 0. The van der Waals surface area contributed by atoms with Gasteiger partial charge in [0, 0.05) is 16.5 Å². The third-order valence-electron chi connectivity index (χ3n) is 6.27. The standard InChI is InChI=1S/C23H25N3O5/c1-23(22(24)30,15-5-3-2-4-6-15)26-20(27)19-10-9-18(31-19)14-8-7-13-11-17(21(28)29)25-16(13)12-14/h7-12,15,25H,2-6H2,1H3,(H2,24,30)(H,26,27)(H,28,29)/t23-/m0/s1. The van der Waals surface area contributed by atoms with Crippen molar-refractivity contribution in [3.05, 3.63) is 47.9 Å². The van der Waals surface area contributed by atoms with Gasteiger partial charge in [-0.05, 0) is 49.9 Å². The van der Waals surface area contributed by atoms with E-state index < -0.39 is 23.3 Å². The van der Waals surface area contributed by atoms with Gasteiger partial charge in [-0.15, -0.1) is 0 Å². The van der Waals surface area contributed by atoms with Gasteiger partial charge in [0.15, 0.2) is 5.76 Å². The molecule has 5 N–H and O–H groups in total.